The Balaban J connectivity index is 2.28. The monoisotopic (exact) mass is 269 g/mol. The van der Waals surface area contributed by atoms with E-state index in [2.05, 4.69) is 59.6 Å². The van der Waals surface area contributed by atoms with Gasteiger partial charge in [0, 0.05) is 18.8 Å². The summed E-state index contributed by atoms with van der Waals surface area (Å²) in [6.07, 6.45) is 2.34. The molecule has 3 nitrogen and oxygen atoms in total. The third-order valence-corrected chi connectivity index (χ3v) is 3.23. The smallest absolute Gasteiger partial charge is 0.133 e. The second-order valence-electron chi connectivity index (χ2n) is 4.86. The van der Waals surface area contributed by atoms with E-state index in [9.17, 15) is 0 Å². The van der Waals surface area contributed by atoms with Gasteiger partial charge >= 0.3 is 0 Å². The topological polar surface area (TPSA) is 28.2 Å². The average Bonchev–Trinajstić information content (AvgIpc) is 2.50. The molecular weight excluding hydrogens is 246 g/mol. The zero-order valence-electron chi connectivity index (χ0n) is 12.3. The van der Waals surface area contributed by atoms with Crippen molar-refractivity contribution < 1.29 is 0 Å². The number of hydrogen-bond acceptors (Lipinski definition) is 3. The van der Waals surface area contributed by atoms with E-state index in [1.54, 1.807) is 0 Å². The lowest BCUT2D eigenvalue weighted by atomic mass is 10.2. The van der Waals surface area contributed by atoms with E-state index in [0.29, 0.717) is 0 Å². The molecule has 1 aromatic heterocycles. The van der Waals surface area contributed by atoms with Crippen LogP contribution in [0.3, 0.4) is 0 Å². The highest BCUT2D eigenvalue weighted by molar-refractivity contribution is 5.59. The molecular formula is C17H23N3. The molecule has 0 fully saturated rings. The van der Waals surface area contributed by atoms with Crippen LogP contribution in [-0.2, 0) is 6.54 Å². The molecule has 0 bridgehead atoms. The van der Waals surface area contributed by atoms with E-state index in [4.69, 9.17) is 4.98 Å². The van der Waals surface area contributed by atoms with Gasteiger partial charge in [0.05, 0.1) is 5.69 Å². The molecule has 20 heavy (non-hydrogen) atoms. The Hall–Kier alpha value is -1.87. The summed E-state index contributed by atoms with van der Waals surface area (Å²) < 4.78 is 0. The van der Waals surface area contributed by atoms with E-state index in [0.717, 1.165) is 31.0 Å². The summed E-state index contributed by atoms with van der Waals surface area (Å²) in [6.45, 7) is 4.01. The lowest BCUT2D eigenvalue weighted by Crippen LogP contribution is -2.20. The first-order chi connectivity index (χ1) is 9.85. The number of hydrogen-bond donors (Lipinski definition) is 1. The van der Waals surface area contributed by atoms with Crippen molar-refractivity contribution in [2.24, 2.45) is 0 Å². The van der Waals surface area contributed by atoms with E-state index < -0.39 is 0 Å². The summed E-state index contributed by atoms with van der Waals surface area (Å²) in [5, 5.41) is 3.15. The van der Waals surface area contributed by atoms with Gasteiger partial charge < -0.3 is 10.2 Å². The van der Waals surface area contributed by atoms with Crippen LogP contribution in [0.25, 0.3) is 0 Å². The number of aromatic nitrogens is 1. The fourth-order valence-corrected chi connectivity index (χ4v) is 2.20. The fourth-order valence-electron chi connectivity index (χ4n) is 2.20. The number of pyridine rings is 1. The van der Waals surface area contributed by atoms with Gasteiger partial charge in [-0.2, -0.15) is 0 Å². The Morgan fingerprint density at radius 3 is 2.55 bits per heavy atom. The van der Waals surface area contributed by atoms with Crippen LogP contribution in [0.2, 0.25) is 0 Å². The minimum atomic E-state index is 0.796. The van der Waals surface area contributed by atoms with Crippen LogP contribution >= 0.6 is 0 Å². The molecule has 0 spiro atoms. The van der Waals surface area contributed by atoms with Gasteiger partial charge in [0.1, 0.15) is 5.82 Å². The molecule has 1 heterocycles. The maximum atomic E-state index is 4.76. The largest absolute Gasteiger partial charge is 0.326 e. The lowest BCUT2D eigenvalue weighted by molar-refractivity contribution is 0.764. The van der Waals surface area contributed by atoms with Gasteiger partial charge in [-0.1, -0.05) is 37.6 Å². The molecule has 0 aliphatic heterocycles. The Morgan fingerprint density at radius 1 is 1.05 bits per heavy atom. The zero-order chi connectivity index (χ0) is 14.2. The Kier molecular flexibility index (Phi) is 5.56. The summed E-state index contributed by atoms with van der Waals surface area (Å²) in [5.41, 5.74) is 2.28. The van der Waals surface area contributed by atoms with Crippen molar-refractivity contribution in [2.45, 2.75) is 26.3 Å². The van der Waals surface area contributed by atoms with Crippen LogP contribution in [0, 0.1) is 0 Å². The van der Waals surface area contributed by atoms with E-state index in [-0.39, 0.29) is 0 Å². The summed E-state index contributed by atoms with van der Waals surface area (Å²) in [5.74, 6) is 1.03. The molecule has 1 N–H and O–H groups in total. The number of benzene rings is 1. The van der Waals surface area contributed by atoms with Crippen molar-refractivity contribution in [2.75, 3.05) is 18.5 Å². The molecule has 0 saturated carbocycles. The normalized spacial score (nSPS) is 10.5. The van der Waals surface area contributed by atoms with E-state index in [1.165, 1.54) is 12.1 Å². The summed E-state index contributed by atoms with van der Waals surface area (Å²) >= 11 is 0. The molecule has 1 aromatic carbocycles. The van der Waals surface area contributed by atoms with Gasteiger partial charge in [0.15, 0.2) is 0 Å². The molecule has 2 aromatic rings. The Bertz CT molecular complexity index is 511. The van der Waals surface area contributed by atoms with E-state index >= 15 is 0 Å². The van der Waals surface area contributed by atoms with Crippen molar-refractivity contribution in [3.05, 3.63) is 54.2 Å². The standard InChI is InChI=1S/C17H23N3/c1-3-4-13-20(16-10-6-5-7-11-16)17-12-8-9-15(19-17)14-18-2/h5-12,18H,3-4,13-14H2,1-2H3. The Morgan fingerprint density at radius 2 is 1.85 bits per heavy atom. The molecule has 0 radical (unpaired) electrons. The van der Waals surface area contributed by atoms with Crippen LogP contribution in [0.5, 0.6) is 0 Å². The Labute approximate surface area is 121 Å². The van der Waals surface area contributed by atoms with Crippen LogP contribution in [0.4, 0.5) is 11.5 Å². The van der Waals surface area contributed by atoms with Gasteiger partial charge in [0.25, 0.3) is 0 Å². The van der Waals surface area contributed by atoms with Crippen LogP contribution in [0.1, 0.15) is 25.5 Å². The first-order valence-electron chi connectivity index (χ1n) is 7.28. The fraction of sp³-hybridized carbons (Fsp3) is 0.353. The molecule has 0 amide bonds. The molecule has 3 heteroatoms. The van der Waals surface area contributed by atoms with Gasteiger partial charge in [0.2, 0.25) is 0 Å². The lowest BCUT2D eigenvalue weighted by Gasteiger charge is -2.24. The van der Waals surface area contributed by atoms with Gasteiger partial charge in [-0.15, -0.1) is 0 Å². The van der Waals surface area contributed by atoms with E-state index in [1.807, 2.05) is 13.1 Å². The highest BCUT2D eigenvalue weighted by Gasteiger charge is 2.10. The number of unbranched alkanes of at least 4 members (excludes halogenated alkanes) is 1. The number of anilines is 2. The summed E-state index contributed by atoms with van der Waals surface area (Å²) in [6, 6.07) is 16.7. The maximum absolute atomic E-state index is 4.76. The third kappa shape index (κ3) is 3.81. The quantitative estimate of drug-likeness (QED) is 0.830. The molecule has 0 aliphatic rings. The first kappa shape index (κ1) is 14.5. The minimum absolute atomic E-state index is 0.796. The van der Waals surface area contributed by atoms with Gasteiger partial charge in [-0.25, -0.2) is 4.98 Å². The number of nitrogens with zero attached hydrogens (tertiary/aromatic N) is 2. The second kappa shape index (κ2) is 7.65. The van der Waals surface area contributed by atoms with Gasteiger partial charge in [-0.05, 0) is 37.7 Å². The van der Waals surface area contributed by atoms with Crippen LogP contribution in [-0.4, -0.2) is 18.6 Å². The number of nitrogens with one attached hydrogen (secondary N) is 1. The van der Waals surface area contributed by atoms with Crippen molar-refractivity contribution in [3.63, 3.8) is 0 Å². The molecule has 0 saturated heterocycles. The molecule has 0 aliphatic carbocycles. The first-order valence-corrected chi connectivity index (χ1v) is 7.28. The van der Waals surface area contributed by atoms with Crippen molar-refractivity contribution in [1.29, 1.82) is 0 Å². The third-order valence-electron chi connectivity index (χ3n) is 3.23. The van der Waals surface area contributed by atoms with Crippen molar-refractivity contribution in [1.82, 2.24) is 10.3 Å². The highest BCUT2D eigenvalue weighted by Crippen LogP contribution is 2.24. The second-order valence-corrected chi connectivity index (χ2v) is 4.86. The molecule has 106 valence electrons. The molecule has 2 rings (SSSR count). The predicted octanol–water partition coefficient (Wildman–Crippen LogP) is 3.74. The maximum Gasteiger partial charge on any atom is 0.133 e. The summed E-state index contributed by atoms with van der Waals surface area (Å²) in [4.78, 5) is 7.05. The van der Waals surface area contributed by atoms with Crippen molar-refractivity contribution in [3.8, 4) is 0 Å². The molecule has 0 atom stereocenters. The SMILES string of the molecule is CCCCN(c1ccccc1)c1cccc(CNC)n1. The average molecular weight is 269 g/mol. The van der Waals surface area contributed by atoms with Crippen molar-refractivity contribution >= 4 is 11.5 Å². The van der Waals surface area contributed by atoms with Crippen LogP contribution < -0.4 is 10.2 Å². The predicted molar refractivity (Wildman–Crippen MR) is 85.4 cm³/mol. The molecule has 0 unspecified atom stereocenters. The van der Waals surface area contributed by atoms with Crippen LogP contribution in [0.15, 0.2) is 48.5 Å². The zero-order valence-corrected chi connectivity index (χ0v) is 12.3. The minimum Gasteiger partial charge on any atom is -0.326 e. The number of para-hydroxylation sites is 1. The number of rotatable bonds is 7. The van der Waals surface area contributed by atoms with Gasteiger partial charge in [-0.3, -0.25) is 0 Å². The summed E-state index contributed by atoms with van der Waals surface area (Å²) in [7, 11) is 1.94. The highest BCUT2D eigenvalue weighted by atomic mass is 15.2.